The van der Waals surface area contributed by atoms with Crippen LogP contribution < -0.4 is 0 Å². The monoisotopic (exact) mass is 373 g/mol. The van der Waals surface area contributed by atoms with Crippen LogP contribution in [0.4, 0.5) is 0 Å². The summed E-state index contributed by atoms with van der Waals surface area (Å²) in [6.45, 7) is 4.75. The number of amides is 1. The van der Waals surface area contributed by atoms with Gasteiger partial charge >= 0.3 is 0 Å². The van der Waals surface area contributed by atoms with Crippen LogP contribution in [-0.2, 0) is 15.6 Å². The largest absolute Gasteiger partial charge is 0.390 e. The van der Waals surface area contributed by atoms with Crippen LogP contribution in [0.5, 0.6) is 0 Å². The Bertz CT molecular complexity index is 447. The highest BCUT2D eigenvalue weighted by Crippen LogP contribution is 2.35. The van der Waals surface area contributed by atoms with Gasteiger partial charge in [-0.25, -0.2) is 0 Å². The maximum Gasteiger partial charge on any atom is 0.219 e. The normalized spacial score (nSPS) is 26.0. The van der Waals surface area contributed by atoms with Crippen molar-refractivity contribution in [3.05, 3.63) is 0 Å². The van der Waals surface area contributed by atoms with Gasteiger partial charge in [-0.05, 0) is 32.7 Å². The second kappa shape index (κ2) is 10.00. The molecule has 1 N–H and O–H groups in total. The standard InChI is InChI=1S/C18H35N3O3S/c1-15(22)20(10-9-19(2)11-12-25(3)24)13-18(23)14-21-16-5-4-6-17(21)8-7-16/h16-18,23H,4-14H2,1-3H3/t16-,17+,18?,25?. The Morgan fingerprint density at radius 3 is 2.40 bits per heavy atom. The van der Waals surface area contributed by atoms with Gasteiger partial charge in [-0.3, -0.25) is 13.9 Å². The van der Waals surface area contributed by atoms with Crippen molar-refractivity contribution in [3.8, 4) is 0 Å². The second-order valence-corrected chi connectivity index (χ2v) is 9.27. The predicted octanol–water partition coefficient (Wildman–Crippen LogP) is 0.523. The van der Waals surface area contributed by atoms with Gasteiger partial charge in [-0.1, -0.05) is 6.42 Å². The summed E-state index contributed by atoms with van der Waals surface area (Å²) in [5.41, 5.74) is 0. The van der Waals surface area contributed by atoms with E-state index >= 15 is 0 Å². The molecule has 2 unspecified atom stereocenters. The van der Waals surface area contributed by atoms with E-state index in [9.17, 15) is 14.1 Å². The highest BCUT2D eigenvalue weighted by atomic mass is 32.2. The van der Waals surface area contributed by atoms with Crippen LogP contribution in [0.1, 0.15) is 39.0 Å². The number of carbonyl (C=O) groups is 1. The highest BCUT2D eigenvalue weighted by molar-refractivity contribution is 7.84. The van der Waals surface area contributed by atoms with Crippen LogP contribution in [0.15, 0.2) is 0 Å². The zero-order chi connectivity index (χ0) is 18.4. The molecule has 0 radical (unpaired) electrons. The number of nitrogens with zero attached hydrogens (tertiary/aromatic N) is 3. The third-order valence-electron chi connectivity index (χ3n) is 5.66. The number of piperidine rings is 1. The van der Waals surface area contributed by atoms with Gasteiger partial charge in [0.15, 0.2) is 0 Å². The highest BCUT2D eigenvalue weighted by Gasteiger charge is 2.37. The van der Waals surface area contributed by atoms with E-state index in [4.69, 9.17) is 0 Å². The molecule has 0 spiro atoms. The van der Waals surface area contributed by atoms with Crippen molar-refractivity contribution >= 4 is 16.7 Å². The minimum atomic E-state index is -0.792. The summed E-state index contributed by atoms with van der Waals surface area (Å²) in [6, 6.07) is 1.28. The zero-order valence-corrected chi connectivity index (χ0v) is 16.8. The summed E-state index contributed by atoms with van der Waals surface area (Å²) in [5.74, 6) is 0.657. The van der Waals surface area contributed by atoms with Gasteiger partial charge in [-0.2, -0.15) is 0 Å². The number of rotatable bonds is 10. The third-order valence-corrected chi connectivity index (χ3v) is 6.41. The SMILES string of the molecule is CC(=O)N(CCN(C)CCS(C)=O)CC(O)CN1[C@@H]2CCC[C@H]1CC2. The van der Waals surface area contributed by atoms with Crippen molar-refractivity contribution in [3.63, 3.8) is 0 Å². The molecule has 0 aromatic heterocycles. The van der Waals surface area contributed by atoms with Gasteiger partial charge in [0, 0.05) is 74.5 Å². The van der Waals surface area contributed by atoms with E-state index in [1.165, 1.54) is 32.1 Å². The Balaban J connectivity index is 1.76. The Morgan fingerprint density at radius 1 is 1.20 bits per heavy atom. The average molecular weight is 374 g/mol. The van der Waals surface area contributed by atoms with Crippen LogP contribution in [0, 0.1) is 0 Å². The number of hydrogen-bond donors (Lipinski definition) is 1. The molecule has 1 amide bonds. The molecule has 25 heavy (non-hydrogen) atoms. The Hall–Kier alpha value is -0.500. The van der Waals surface area contributed by atoms with Crippen LogP contribution in [0.3, 0.4) is 0 Å². The first-order valence-corrected chi connectivity index (χ1v) is 11.3. The van der Waals surface area contributed by atoms with Gasteiger partial charge < -0.3 is 14.9 Å². The third kappa shape index (κ3) is 6.62. The number of aliphatic hydroxyl groups is 1. The lowest BCUT2D eigenvalue weighted by Crippen LogP contribution is -2.48. The molecule has 0 aromatic carbocycles. The van der Waals surface area contributed by atoms with Gasteiger partial charge in [0.1, 0.15) is 0 Å². The summed E-state index contributed by atoms with van der Waals surface area (Å²) in [6.07, 6.45) is 7.57. The summed E-state index contributed by atoms with van der Waals surface area (Å²) < 4.78 is 11.2. The first kappa shape index (κ1) is 20.8. The molecule has 2 saturated heterocycles. The maximum atomic E-state index is 11.9. The number of carbonyl (C=O) groups excluding carboxylic acids is 1. The number of fused-ring (bicyclic) bond motifs is 2. The lowest BCUT2D eigenvalue weighted by molar-refractivity contribution is -0.130. The zero-order valence-electron chi connectivity index (χ0n) is 16.0. The van der Waals surface area contributed by atoms with Crippen molar-refractivity contribution in [2.24, 2.45) is 0 Å². The number of aliphatic hydroxyl groups excluding tert-OH is 1. The van der Waals surface area contributed by atoms with Gasteiger partial charge in [0.05, 0.1) is 6.10 Å². The van der Waals surface area contributed by atoms with Gasteiger partial charge in [-0.15, -0.1) is 0 Å². The number of likely N-dealkylation sites (N-methyl/N-ethyl adjacent to an activating group) is 1. The minimum absolute atomic E-state index is 0.00753. The van der Waals surface area contributed by atoms with Gasteiger partial charge in [0.25, 0.3) is 0 Å². The molecule has 2 bridgehead atoms. The topological polar surface area (TPSA) is 64.1 Å². The fourth-order valence-electron chi connectivity index (χ4n) is 4.14. The summed E-state index contributed by atoms with van der Waals surface area (Å²) in [7, 11) is 1.19. The molecule has 2 aliphatic heterocycles. The molecule has 0 aliphatic carbocycles. The van der Waals surface area contributed by atoms with Crippen molar-refractivity contribution in [1.82, 2.24) is 14.7 Å². The van der Waals surface area contributed by atoms with E-state index in [1.807, 2.05) is 7.05 Å². The second-order valence-electron chi connectivity index (χ2n) is 7.71. The van der Waals surface area contributed by atoms with Crippen LogP contribution in [0.2, 0.25) is 0 Å². The quantitative estimate of drug-likeness (QED) is 0.605. The first-order valence-electron chi connectivity index (χ1n) is 9.54. The Kier molecular flexibility index (Phi) is 8.32. The maximum absolute atomic E-state index is 11.9. The van der Waals surface area contributed by atoms with Crippen molar-refractivity contribution in [2.75, 3.05) is 51.8 Å². The molecule has 6 nitrogen and oxygen atoms in total. The Morgan fingerprint density at radius 2 is 1.84 bits per heavy atom. The molecule has 146 valence electrons. The molecular weight excluding hydrogens is 338 g/mol. The molecule has 2 fully saturated rings. The van der Waals surface area contributed by atoms with Crippen LogP contribution in [0.25, 0.3) is 0 Å². The molecule has 0 aromatic rings. The molecule has 0 saturated carbocycles. The summed E-state index contributed by atoms with van der Waals surface area (Å²) >= 11 is 0. The molecule has 7 heteroatoms. The average Bonchev–Trinajstić information content (AvgIpc) is 2.77. The van der Waals surface area contributed by atoms with Crippen LogP contribution >= 0.6 is 0 Å². The lowest BCUT2D eigenvalue weighted by Gasteiger charge is -2.37. The van der Waals surface area contributed by atoms with Crippen LogP contribution in [-0.4, -0.2) is 99.9 Å². The summed E-state index contributed by atoms with van der Waals surface area (Å²) in [5, 5.41) is 10.5. The first-order chi connectivity index (χ1) is 11.9. The molecular formula is C18H35N3O3S. The van der Waals surface area contributed by atoms with Crippen molar-refractivity contribution in [1.29, 1.82) is 0 Å². The molecule has 4 atom stereocenters. The van der Waals surface area contributed by atoms with E-state index in [2.05, 4.69) is 9.80 Å². The van der Waals surface area contributed by atoms with E-state index in [1.54, 1.807) is 18.1 Å². The molecule has 2 heterocycles. The smallest absolute Gasteiger partial charge is 0.219 e. The lowest BCUT2D eigenvalue weighted by atomic mass is 10.0. The fourth-order valence-corrected chi connectivity index (χ4v) is 4.71. The summed E-state index contributed by atoms with van der Waals surface area (Å²) in [4.78, 5) is 18.2. The van der Waals surface area contributed by atoms with Crippen molar-refractivity contribution < 1.29 is 14.1 Å². The van der Waals surface area contributed by atoms with E-state index in [0.717, 1.165) is 13.1 Å². The number of hydrogen-bond acceptors (Lipinski definition) is 5. The van der Waals surface area contributed by atoms with E-state index in [0.29, 0.717) is 37.5 Å². The van der Waals surface area contributed by atoms with E-state index < -0.39 is 16.9 Å². The van der Waals surface area contributed by atoms with E-state index in [-0.39, 0.29) is 5.91 Å². The molecule has 2 rings (SSSR count). The minimum Gasteiger partial charge on any atom is -0.390 e. The predicted molar refractivity (Wildman–Crippen MR) is 102 cm³/mol. The van der Waals surface area contributed by atoms with Gasteiger partial charge in [0.2, 0.25) is 5.91 Å². The van der Waals surface area contributed by atoms with Crippen molar-refractivity contribution in [2.45, 2.75) is 57.2 Å². The Labute approximate surface area is 155 Å². The fraction of sp³-hybridized carbons (Fsp3) is 0.944. The molecule has 2 aliphatic rings.